The first-order valence-corrected chi connectivity index (χ1v) is 41.9. The molecule has 684 valence electrons. The van der Waals surface area contributed by atoms with E-state index in [4.69, 9.17) is 44.1 Å². The minimum Gasteiger partial charge on any atom is -0.408 e. The van der Waals surface area contributed by atoms with Crippen LogP contribution in [0, 0.1) is 51.0 Å². The van der Waals surface area contributed by atoms with Gasteiger partial charge in [0.1, 0.15) is 99.2 Å². The van der Waals surface area contributed by atoms with E-state index in [1.54, 1.807) is 77.6 Å². The van der Waals surface area contributed by atoms with Crippen molar-refractivity contribution in [3.05, 3.63) is 258 Å². The summed E-state index contributed by atoms with van der Waals surface area (Å²) in [5.41, 5.74) is 11.5. The fourth-order valence-corrected chi connectivity index (χ4v) is 16.1. The zero-order valence-electron chi connectivity index (χ0n) is 73.0. The van der Waals surface area contributed by atoms with Crippen LogP contribution in [0.5, 0.6) is 11.5 Å². The number of hydrogen-bond acceptors (Lipinski definition) is 26. The molecule has 12 heterocycles. The molecule has 4 saturated heterocycles. The van der Waals surface area contributed by atoms with E-state index in [0.29, 0.717) is 172 Å². The second-order valence-electron chi connectivity index (χ2n) is 30.9. The van der Waals surface area contributed by atoms with E-state index in [2.05, 4.69) is 66.2 Å². The molecule has 36 nitrogen and oxygen atoms in total. The van der Waals surface area contributed by atoms with Crippen molar-refractivity contribution in [2.75, 3.05) is 164 Å². The number of nitrogen functional groups attached to an aromatic ring is 2. The Morgan fingerprint density at radius 2 is 0.629 bits per heavy atom. The third-order valence-electron chi connectivity index (χ3n) is 22.3. The van der Waals surface area contributed by atoms with E-state index in [0.717, 1.165) is 13.7 Å². The first-order valence-electron chi connectivity index (χ1n) is 41.1. The topological polar surface area (TPSA) is 396 Å². The molecule has 0 aliphatic carbocycles. The van der Waals surface area contributed by atoms with Crippen molar-refractivity contribution in [3.8, 4) is 34.2 Å². The van der Waals surface area contributed by atoms with Gasteiger partial charge in [-0.25, -0.2) is 67.0 Å². The first kappa shape index (κ1) is 94.1. The molecule has 6 amide bonds. The largest absolute Gasteiger partial charge is 0.414 e. The number of anilines is 6. The minimum absolute atomic E-state index is 0.0126. The van der Waals surface area contributed by atoms with Gasteiger partial charge in [-0.15, -0.1) is 0 Å². The molecule has 0 bridgehead atoms. The first-order chi connectivity index (χ1) is 63.1. The van der Waals surface area contributed by atoms with Gasteiger partial charge in [0, 0.05) is 156 Å². The molecule has 16 rings (SSSR count). The molecular formula is C90H90Cl2F4N24O12. The van der Waals surface area contributed by atoms with E-state index >= 15 is 8.78 Å². The number of hydrogen-bond donors (Lipinski definition) is 2. The van der Waals surface area contributed by atoms with Gasteiger partial charge in [0.15, 0.2) is 29.0 Å². The maximum Gasteiger partial charge on any atom is 0.414 e. The summed E-state index contributed by atoms with van der Waals surface area (Å²) in [4.78, 5) is 177. The van der Waals surface area contributed by atoms with Crippen molar-refractivity contribution in [1.29, 1.82) is 0 Å². The third kappa shape index (κ3) is 19.0. The number of rotatable bonds is 14. The van der Waals surface area contributed by atoms with Crippen molar-refractivity contribution >= 4 is 137 Å². The Bertz CT molecular complexity index is 6670. The number of benzene rings is 4. The Hall–Kier alpha value is -15.5. The van der Waals surface area contributed by atoms with E-state index < -0.39 is 57.7 Å². The molecule has 4 fully saturated rings. The summed E-state index contributed by atoms with van der Waals surface area (Å²) < 4.78 is 74.7. The van der Waals surface area contributed by atoms with E-state index in [9.17, 15) is 56.7 Å². The van der Waals surface area contributed by atoms with Crippen LogP contribution >= 0.6 is 23.2 Å². The SMILES string of the molecule is C=CC(=O)N1CCN(c2ncnc3c(=O)n(-c4c(F)cccc4OC(=O)N(C)C)c(C)cc23)CC1.C=CC(=O)N1CCN(c2ncnc3c(=O)n(-c4c(F)cccc4OC(=O)N(C)C)c(C)cc23)CC1.C=CC(=O)N1CCN(c2ncnc3c(=O)n(-c4c(N)c(Cl)cc(Cl)c4F)c(C)cc23)CC1.C=CC(=O)N1CCN(c2ncnc3c(=O)n(-c4c(N)cccc4F)c(C)cc23)CC1. The van der Waals surface area contributed by atoms with Crippen LogP contribution < -0.4 is 62.8 Å². The highest BCUT2D eigenvalue weighted by Gasteiger charge is 2.32. The van der Waals surface area contributed by atoms with Crippen molar-refractivity contribution in [2.24, 2.45) is 0 Å². The van der Waals surface area contributed by atoms with Crippen LogP contribution in [-0.2, 0) is 19.2 Å². The second-order valence-corrected chi connectivity index (χ2v) is 31.7. The molecule has 0 atom stereocenters. The molecule has 4 aliphatic heterocycles. The summed E-state index contributed by atoms with van der Waals surface area (Å²) in [6, 6.07) is 20.4. The number of nitrogens with two attached hydrogens (primary N) is 2. The fraction of sp³-hybridized carbons (Fsp3) is 0.267. The van der Waals surface area contributed by atoms with Crippen LogP contribution in [-0.4, -0.2) is 256 Å². The lowest BCUT2D eigenvalue weighted by molar-refractivity contribution is -0.127. The van der Waals surface area contributed by atoms with Crippen LogP contribution in [0.2, 0.25) is 10.0 Å². The molecule has 12 aromatic rings. The quantitative estimate of drug-likeness (QED) is 0.0444. The number of aryl methyl sites for hydroxylation is 4. The number of halogens is 6. The Morgan fingerprint density at radius 3 is 0.894 bits per heavy atom. The zero-order chi connectivity index (χ0) is 95.1. The molecule has 4 aromatic carbocycles. The van der Waals surface area contributed by atoms with Gasteiger partial charge < -0.3 is 69.9 Å². The van der Waals surface area contributed by atoms with Gasteiger partial charge in [-0.05, 0) is 119 Å². The highest BCUT2D eigenvalue weighted by atomic mass is 35.5. The van der Waals surface area contributed by atoms with Crippen LogP contribution in [0.1, 0.15) is 22.8 Å². The summed E-state index contributed by atoms with van der Waals surface area (Å²) in [6.07, 6.45) is 8.93. The normalized spacial score (nSPS) is 13.9. The molecular weight excluding hydrogens is 1760 g/mol. The van der Waals surface area contributed by atoms with Crippen LogP contribution in [0.4, 0.5) is 61.8 Å². The molecule has 42 heteroatoms. The lowest BCUT2D eigenvalue weighted by Crippen LogP contribution is -2.48. The molecule has 0 saturated carbocycles. The summed E-state index contributed by atoms with van der Waals surface area (Å²) in [5.74, 6) is -1.29. The highest BCUT2D eigenvalue weighted by Crippen LogP contribution is 2.38. The average Bonchev–Trinajstić information content (AvgIpc) is 0.758. The number of carbonyl (C=O) groups excluding carboxylic acids is 6. The van der Waals surface area contributed by atoms with Gasteiger partial charge in [-0.1, -0.05) is 67.7 Å². The standard InChI is InChI=1S/2C24H25FN6O4.C21H19Cl2FN6O2.C21H21FN6O2/c2*1-5-19(32)29-9-11-30(12-10-29)22-16-13-15(2)31(23(33)20(16)26-14-27-22)21-17(25)7-6-8-18(21)35-24(34)28(3)4;1-3-15(31)28-4-6-29(7-5-28)20-12-8-11(2)30(21(32)18(12)26-10-27-20)19-16(24)13(22)9-14(23)17(19)25;1-3-17(29)26-7-9-27(10-8-26)20-14-11-13(2)28(21(30)18(14)24-12-25-20)19-15(22)5-4-6-16(19)23/h2*5-8,13-14H,1,9-12H2,2-4H3;3,8-10H,1,4-7,25H2,2H3;3-6,11-12H,1,7-10,23H2,2H3. The summed E-state index contributed by atoms with van der Waals surface area (Å²) in [7, 11) is 6.00. The lowest BCUT2D eigenvalue weighted by Gasteiger charge is -2.35. The molecule has 8 aromatic heterocycles. The second kappa shape index (κ2) is 40.0. The molecule has 4 aliphatic rings. The minimum atomic E-state index is -0.851. The van der Waals surface area contributed by atoms with E-state index in [1.807, 2.05) is 19.6 Å². The van der Waals surface area contributed by atoms with Crippen molar-refractivity contribution < 1.29 is 55.8 Å². The lowest BCUT2D eigenvalue weighted by atomic mass is 10.1. The molecule has 132 heavy (non-hydrogen) atoms. The highest BCUT2D eigenvalue weighted by molar-refractivity contribution is 6.37. The summed E-state index contributed by atoms with van der Waals surface area (Å²) in [5, 5.41) is 1.90. The molecule has 4 N–H and O–H groups in total. The number of carbonyl (C=O) groups is 6. The monoisotopic (exact) mass is 1840 g/mol. The van der Waals surface area contributed by atoms with Gasteiger partial charge in [0.2, 0.25) is 23.6 Å². The Kier molecular flexibility index (Phi) is 28.6. The number of pyridine rings is 4. The predicted octanol–water partition coefficient (Wildman–Crippen LogP) is 8.84. The van der Waals surface area contributed by atoms with Crippen molar-refractivity contribution in [3.63, 3.8) is 0 Å². The van der Waals surface area contributed by atoms with Gasteiger partial charge in [-0.3, -0.25) is 56.6 Å². The summed E-state index contributed by atoms with van der Waals surface area (Å²) in [6.45, 7) is 29.0. The van der Waals surface area contributed by atoms with Gasteiger partial charge in [-0.2, -0.15) is 0 Å². The van der Waals surface area contributed by atoms with Crippen LogP contribution in [0.3, 0.4) is 0 Å². The number of aromatic nitrogens is 12. The number of amides is 6. The zero-order valence-corrected chi connectivity index (χ0v) is 74.5. The third-order valence-corrected chi connectivity index (χ3v) is 22.9. The number of fused-ring (bicyclic) bond motifs is 4. The number of nitrogens with zero attached hydrogens (tertiary/aromatic N) is 22. The number of para-hydroxylation sites is 3. The van der Waals surface area contributed by atoms with E-state index in [-0.39, 0.29) is 101 Å². The molecule has 0 unspecified atom stereocenters. The van der Waals surface area contributed by atoms with Crippen LogP contribution in [0.25, 0.3) is 66.4 Å². The molecule has 0 spiro atoms. The number of ether oxygens (including phenoxy) is 2. The van der Waals surface area contributed by atoms with Gasteiger partial charge in [0.25, 0.3) is 22.2 Å². The van der Waals surface area contributed by atoms with Crippen molar-refractivity contribution in [2.45, 2.75) is 27.7 Å². The average molecular weight is 1850 g/mol. The van der Waals surface area contributed by atoms with E-state index in [1.165, 1.54) is 147 Å². The Labute approximate surface area is 761 Å². The maximum absolute atomic E-state index is 15.0. The molecule has 0 radical (unpaired) electrons. The van der Waals surface area contributed by atoms with Crippen molar-refractivity contribution in [1.82, 2.24) is 87.5 Å². The smallest absolute Gasteiger partial charge is 0.408 e. The summed E-state index contributed by atoms with van der Waals surface area (Å²) >= 11 is 12.0. The van der Waals surface area contributed by atoms with Gasteiger partial charge >= 0.3 is 12.2 Å². The van der Waals surface area contributed by atoms with Gasteiger partial charge in [0.05, 0.1) is 43.0 Å². The predicted molar refractivity (Wildman–Crippen MR) is 494 cm³/mol. The maximum atomic E-state index is 15.0. The fourth-order valence-electron chi connectivity index (χ4n) is 15.7. The Balaban J connectivity index is 0.000000150. The Morgan fingerprint density at radius 1 is 0.371 bits per heavy atom. The van der Waals surface area contributed by atoms with Crippen LogP contribution in [0.15, 0.2) is 180 Å². The number of piperazine rings is 4.